The molecule has 2 unspecified atom stereocenters. The Bertz CT molecular complexity index is 844. The number of ether oxygens (including phenoxy) is 1. The van der Waals surface area contributed by atoms with Crippen molar-refractivity contribution in [2.24, 2.45) is 0 Å². The number of alkyl halides is 1. The quantitative estimate of drug-likeness (QED) is 0.303. The largest absolute Gasteiger partial charge is 0.502 e. The number of rotatable bonds is 7. The zero-order valence-electron chi connectivity index (χ0n) is 13.3. The molecule has 1 aromatic carbocycles. The van der Waals surface area contributed by atoms with Gasteiger partial charge in [-0.1, -0.05) is 39.1 Å². The second kappa shape index (κ2) is 9.20. The molecule has 3 N–H and O–H groups in total. The molecule has 0 aliphatic heterocycles. The number of nitrogens with one attached hydrogen (secondary N) is 1. The molecule has 0 bridgehead atoms. The minimum absolute atomic E-state index is 0.0149. The van der Waals surface area contributed by atoms with Crippen molar-refractivity contribution in [3.8, 4) is 22.8 Å². The van der Waals surface area contributed by atoms with Crippen molar-refractivity contribution in [3.05, 3.63) is 34.0 Å². The van der Waals surface area contributed by atoms with Crippen molar-refractivity contribution < 1.29 is 27.8 Å². The van der Waals surface area contributed by atoms with Crippen LogP contribution < -0.4 is 9.46 Å². The first-order valence-electron chi connectivity index (χ1n) is 7.18. The Morgan fingerprint density at radius 3 is 2.73 bits per heavy atom. The minimum Gasteiger partial charge on any atom is -0.502 e. The van der Waals surface area contributed by atoms with Crippen molar-refractivity contribution in [1.82, 2.24) is 4.72 Å². The number of benzene rings is 1. The van der Waals surface area contributed by atoms with Gasteiger partial charge in [0.15, 0.2) is 11.5 Å². The summed E-state index contributed by atoms with van der Waals surface area (Å²) in [7, 11) is 0. The van der Waals surface area contributed by atoms with E-state index in [1.54, 1.807) is 12.1 Å². The third kappa shape index (κ3) is 5.21. The lowest BCUT2D eigenvalue weighted by molar-refractivity contribution is -0.132. The predicted octanol–water partition coefficient (Wildman–Crippen LogP) is 4.44. The minimum atomic E-state index is -2.15. The molecule has 26 heavy (non-hydrogen) atoms. The first kappa shape index (κ1) is 21.2. The first-order valence-corrected chi connectivity index (χ1v) is 9.96. The molecule has 0 saturated heterocycles. The second-order valence-electron chi connectivity index (χ2n) is 5.09. The monoisotopic (exact) mass is 485 g/mol. The zero-order chi connectivity index (χ0) is 19.4. The van der Waals surface area contributed by atoms with Crippen molar-refractivity contribution in [1.29, 1.82) is 0 Å². The lowest BCUT2D eigenvalue weighted by Gasteiger charge is -2.08. The topological polar surface area (TPSA) is 109 Å². The summed E-state index contributed by atoms with van der Waals surface area (Å²) in [4.78, 5) is 10.9. The molecule has 2 atom stereocenters. The van der Waals surface area contributed by atoms with E-state index in [0.29, 0.717) is 17.0 Å². The van der Waals surface area contributed by atoms with E-state index in [2.05, 4.69) is 20.7 Å². The van der Waals surface area contributed by atoms with E-state index < -0.39 is 22.1 Å². The third-order valence-corrected chi connectivity index (χ3v) is 5.07. The number of hydrogen-bond donors (Lipinski definition) is 3. The van der Waals surface area contributed by atoms with Gasteiger partial charge in [0.1, 0.15) is 0 Å². The average molecular weight is 487 g/mol. The maximum Gasteiger partial charge on any atom is 0.308 e. The summed E-state index contributed by atoms with van der Waals surface area (Å²) in [5.74, 6) is -1.02. The van der Waals surface area contributed by atoms with Crippen molar-refractivity contribution in [3.63, 3.8) is 0 Å². The SMILES string of the molecule is CC(=O)Oc1c(C(Br)CCNS(=O)O)oc(-c2ccc(Cl)cc2Cl)c1O. The van der Waals surface area contributed by atoms with Crippen LogP contribution in [0.25, 0.3) is 11.3 Å². The molecule has 0 saturated carbocycles. The molecular weight excluding hydrogens is 473 g/mol. The van der Waals surface area contributed by atoms with Gasteiger partial charge in [0.05, 0.1) is 9.85 Å². The fraction of sp³-hybridized carbons (Fsp3) is 0.267. The summed E-state index contributed by atoms with van der Waals surface area (Å²) in [5.41, 5.74) is 0.363. The Hall–Kier alpha value is -1.10. The molecule has 1 aromatic heterocycles. The van der Waals surface area contributed by atoms with Gasteiger partial charge in [0.2, 0.25) is 22.8 Å². The number of aromatic hydroxyl groups is 1. The van der Waals surface area contributed by atoms with Crippen LogP contribution in [0.15, 0.2) is 22.6 Å². The molecule has 11 heteroatoms. The van der Waals surface area contributed by atoms with E-state index in [-0.39, 0.29) is 34.6 Å². The molecule has 2 rings (SSSR count). The molecule has 142 valence electrons. The normalized spacial score (nSPS) is 13.4. The Kier molecular flexibility index (Phi) is 7.51. The zero-order valence-corrected chi connectivity index (χ0v) is 17.2. The van der Waals surface area contributed by atoms with Gasteiger partial charge in [-0.2, -0.15) is 0 Å². The molecule has 0 fully saturated rings. The smallest absolute Gasteiger partial charge is 0.308 e. The highest BCUT2D eigenvalue weighted by atomic mass is 79.9. The molecule has 1 heterocycles. The molecule has 0 radical (unpaired) electrons. The molecular formula is C15H14BrCl2NO6S. The van der Waals surface area contributed by atoms with Gasteiger partial charge in [-0.25, -0.2) is 8.93 Å². The van der Waals surface area contributed by atoms with Crippen LogP contribution in [0.2, 0.25) is 10.0 Å². The lowest BCUT2D eigenvalue weighted by Crippen LogP contribution is -2.18. The molecule has 0 aliphatic rings. The molecule has 7 nitrogen and oxygen atoms in total. The van der Waals surface area contributed by atoms with Crippen LogP contribution in [0.3, 0.4) is 0 Å². The summed E-state index contributed by atoms with van der Waals surface area (Å²) in [6, 6.07) is 4.62. The van der Waals surface area contributed by atoms with Crippen molar-refractivity contribution in [2.75, 3.05) is 6.54 Å². The third-order valence-electron chi connectivity index (χ3n) is 3.20. The molecule has 0 aliphatic carbocycles. The Balaban J connectivity index is 2.43. The Morgan fingerprint density at radius 2 is 2.15 bits per heavy atom. The second-order valence-corrected chi connectivity index (χ2v) is 7.83. The van der Waals surface area contributed by atoms with Gasteiger partial charge >= 0.3 is 5.97 Å². The summed E-state index contributed by atoms with van der Waals surface area (Å²) >= 11 is 13.2. The summed E-state index contributed by atoms with van der Waals surface area (Å²) in [6.45, 7) is 1.35. The van der Waals surface area contributed by atoms with Gasteiger partial charge < -0.3 is 14.3 Å². The average Bonchev–Trinajstić information content (AvgIpc) is 2.84. The van der Waals surface area contributed by atoms with Gasteiger partial charge in [-0.3, -0.25) is 9.35 Å². The van der Waals surface area contributed by atoms with Crippen molar-refractivity contribution >= 4 is 56.4 Å². The number of carbonyl (C=O) groups excluding carboxylic acids is 1. The number of esters is 1. The molecule has 2 aromatic rings. The van der Waals surface area contributed by atoms with Crippen LogP contribution in [-0.2, 0) is 16.1 Å². The number of halogens is 3. The van der Waals surface area contributed by atoms with E-state index in [1.807, 2.05) is 0 Å². The maximum absolute atomic E-state index is 11.4. The van der Waals surface area contributed by atoms with Crippen LogP contribution in [0, 0.1) is 0 Å². The van der Waals surface area contributed by atoms with E-state index >= 15 is 0 Å². The van der Waals surface area contributed by atoms with Crippen LogP contribution in [0.4, 0.5) is 0 Å². The highest BCUT2D eigenvalue weighted by Crippen LogP contribution is 2.49. The van der Waals surface area contributed by atoms with Crippen LogP contribution in [-0.4, -0.2) is 26.4 Å². The molecule has 0 amide bonds. The van der Waals surface area contributed by atoms with Gasteiger partial charge in [-0.05, 0) is 24.6 Å². The fourth-order valence-electron chi connectivity index (χ4n) is 2.13. The summed E-state index contributed by atoms with van der Waals surface area (Å²) in [6.07, 6.45) is 0.307. The summed E-state index contributed by atoms with van der Waals surface area (Å²) < 4.78 is 32.5. The maximum atomic E-state index is 11.4. The van der Waals surface area contributed by atoms with E-state index in [4.69, 9.17) is 36.9 Å². The lowest BCUT2D eigenvalue weighted by atomic mass is 10.1. The van der Waals surface area contributed by atoms with E-state index in [9.17, 15) is 14.1 Å². The Labute approximate surface area is 170 Å². The van der Waals surface area contributed by atoms with E-state index in [0.717, 1.165) is 0 Å². The van der Waals surface area contributed by atoms with Gasteiger partial charge in [0.25, 0.3) is 0 Å². The van der Waals surface area contributed by atoms with Crippen LogP contribution >= 0.6 is 39.1 Å². The number of carbonyl (C=O) groups is 1. The van der Waals surface area contributed by atoms with Gasteiger partial charge in [-0.15, -0.1) is 0 Å². The van der Waals surface area contributed by atoms with Crippen LogP contribution in [0.5, 0.6) is 11.5 Å². The highest BCUT2D eigenvalue weighted by molar-refractivity contribution is 9.09. The highest BCUT2D eigenvalue weighted by Gasteiger charge is 2.29. The fourth-order valence-corrected chi connectivity index (χ4v) is 3.45. The van der Waals surface area contributed by atoms with Gasteiger partial charge in [0, 0.05) is 24.1 Å². The van der Waals surface area contributed by atoms with Crippen LogP contribution in [0.1, 0.15) is 23.9 Å². The van der Waals surface area contributed by atoms with Crippen molar-refractivity contribution in [2.45, 2.75) is 18.2 Å². The Morgan fingerprint density at radius 1 is 1.46 bits per heavy atom. The standard InChI is InChI=1S/C15H14BrCl2NO6S/c1-7(20)24-15-12(21)13(9-3-2-8(17)6-11(9)18)25-14(15)10(16)4-5-19-26(22)23/h2-3,6,10,19,21H,4-5H2,1H3,(H,22,23). The first-order chi connectivity index (χ1) is 12.2. The number of furan rings is 1. The van der Waals surface area contributed by atoms with E-state index in [1.165, 1.54) is 13.0 Å². The molecule has 0 spiro atoms. The number of hydrogen-bond acceptors (Lipinski definition) is 5. The predicted molar refractivity (Wildman–Crippen MR) is 102 cm³/mol. The summed E-state index contributed by atoms with van der Waals surface area (Å²) in [5, 5.41) is 11.1.